The van der Waals surface area contributed by atoms with Crippen molar-refractivity contribution in [2.75, 3.05) is 6.61 Å². The summed E-state index contributed by atoms with van der Waals surface area (Å²) < 4.78 is 5.02. The van der Waals surface area contributed by atoms with Crippen LogP contribution in [0.2, 0.25) is 0 Å². The van der Waals surface area contributed by atoms with Crippen molar-refractivity contribution in [3.05, 3.63) is 12.2 Å². The normalized spacial score (nSPS) is 41.9. The highest BCUT2D eigenvalue weighted by atomic mass is 16.5. The number of hydrogen-bond acceptors (Lipinski definition) is 2. The first-order chi connectivity index (χ1) is 5.22. The third kappa shape index (κ3) is 0.889. The second kappa shape index (κ2) is 2.10. The van der Waals surface area contributed by atoms with Gasteiger partial charge in [-0.25, -0.2) is 0 Å². The van der Waals surface area contributed by atoms with E-state index in [0.29, 0.717) is 6.61 Å². The maximum atomic E-state index is 11.2. The van der Waals surface area contributed by atoms with Crippen LogP contribution in [0.5, 0.6) is 0 Å². The smallest absolute Gasteiger partial charge is 0.309 e. The van der Waals surface area contributed by atoms with Crippen molar-refractivity contribution in [2.45, 2.75) is 19.8 Å². The molecule has 0 aromatic rings. The maximum Gasteiger partial charge on any atom is 0.309 e. The Morgan fingerprint density at radius 1 is 1.64 bits per heavy atom. The lowest BCUT2D eigenvalue weighted by atomic mass is 9.72. The molecule has 2 atom stereocenters. The lowest BCUT2D eigenvalue weighted by Gasteiger charge is -2.27. The molecule has 0 amide bonds. The van der Waals surface area contributed by atoms with E-state index in [1.165, 1.54) is 0 Å². The molecule has 0 N–H and O–H groups in total. The van der Waals surface area contributed by atoms with Crippen LogP contribution in [0.1, 0.15) is 19.8 Å². The van der Waals surface area contributed by atoms with E-state index in [9.17, 15) is 4.79 Å². The quantitative estimate of drug-likeness (QED) is 0.388. The number of fused-ring (bicyclic) bond motifs is 1. The molecule has 1 saturated heterocycles. The molecule has 11 heavy (non-hydrogen) atoms. The van der Waals surface area contributed by atoms with Crippen LogP contribution >= 0.6 is 0 Å². The molecule has 2 heteroatoms. The van der Waals surface area contributed by atoms with E-state index >= 15 is 0 Å². The minimum absolute atomic E-state index is 0.00292. The molecule has 0 aromatic heterocycles. The van der Waals surface area contributed by atoms with Crippen LogP contribution in [0.25, 0.3) is 0 Å². The summed E-state index contributed by atoms with van der Waals surface area (Å²) in [6.07, 6.45) is 6.09. The Morgan fingerprint density at radius 3 is 3.18 bits per heavy atom. The van der Waals surface area contributed by atoms with Gasteiger partial charge in [-0.3, -0.25) is 4.79 Å². The van der Waals surface area contributed by atoms with Gasteiger partial charge in [0.15, 0.2) is 0 Å². The number of hydrogen-bond donors (Lipinski definition) is 0. The van der Waals surface area contributed by atoms with Crippen molar-refractivity contribution >= 4 is 5.97 Å². The predicted molar refractivity (Wildman–Crippen MR) is 40.9 cm³/mol. The fraction of sp³-hybridized carbons (Fsp3) is 0.667. The van der Waals surface area contributed by atoms with Gasteiger partial charge in [-0.05, 0) is 12.8 Å². The number of carbonyl (C=O) groups excluding carboxylic acids is 1. The van der Waals surface area contributed by atoms with E-state index in [-0.39, 0.29) is 17.3 Å². The van der Waals surface area contributed by atoms with Crippen LogP contribution in [0, 0.1) is 11.3 Å². The molecule has 2 nitrogen and oxygen atoms in total. The van der Waals surface area contributed by atoms with E-state index in [4.69, 9.17) is 4.74 Å². The zero-order valence-electron chi connectivity index (χ0n) is 6.67. The fourth-order valence-corrected chi connectivity index (χ4v) is 1.89. The van der Waals surface area contributed by atoms with Crippen LogP contribution in [-0.4, -0.2) is 12.6 Å². The molecule has 2 unspecified atom stereocenters. The van der Waals surface area contributed by atoms with E-state index in [2.05, 4.69) is 19.1 Å². The summed E-state index contributed by atoms with van der Waals surface area (Å²) in [6.45, 7) is 2.74. The molecule has 0 aromatic carbocycles. The van der Waals surface area contributed by atoms with Gasteiger partial charge in [0.05, 0.1) is 12.5 Å². The van der Waals surface area contributed by atoms with Crippen molar-refractivity contribution < 1.29 is 9.53 Å². The zero-order valence-corrected chi connectivity index (χ0v) is 6.67. The van der Waals surface area contributed by atoms with Crippen molar-refractivity contribution in [1.29, 1.82) is 0 Å². The molecule has 0 bridgehead atoms. The third-order valence-corrected chi connectivity index (χ3v) is 2.79. The second-order valence-electron chi connectivity index (χ2n) is 3.73. The molecule has 2 aliphatic rings. The average Bonchev–Trinajstić information content (AvgIpc) is 2.29. The summed E-state index contributed by atoms with van der Waals surface area (Å²) in [5, 5.41) is 0. The third-order valence-electron chi connectivity index (χ3n) is 2.79. The summed E-state index contributed by atoms with van der Waals surface area (Å²) in [4.78, 5) is 11.2. The van der Waals surface area contributed by atoms with Crippen molar-refractivity contribution in [3.8, 4) is 0 Å². The van der Waals surface area contributed by atoms with Gasteiger partial charge in [-0.1, -0.05) is 19.1 Å². The highest BCUT2D eigenvalue weighted by Crippen LogP contribution is 2.43. The Bertz CT molecular complexity index is 220. The van der Waals surface area contributed by atoms with Gasteiger partial charge in [0.2, 0.25) is 0 Å². The number of rotatable bonds is 0. The van der Waals surface area contributed by atoms with Crippen LogP contribution in [0.4, 0.5) is 0 Å². The molecule has 1 heterocycles. The van der Waals surface area contributed by atoms with Crippen LogP contribution in [0.3, 0.4) is 0 Å². The van der Waals surface area contributed by atoms with Gasteiger partial charge >= 0.3 is 5.97 Å². The molecular formula is C9H12O2. The first-order valence-electron chi connectivity index (χ1n) is 4.04. The fourth-order valence-electron chi connectivity index (χ4n) is 1.89. The van der Waals surface area contributed by atoms with Crippen molar-refractivity contribution in [1.82, 2.24) is 0 Å². The summed E-state index contributed by atoms with van der Waals surface area (Å²) in [6, 6.07) is 0. The van der Waals surface area contributed by atoms with Crippen molar-refractivity contribution in [3.63, 3.8) is 0 Å². The zero-order chi connectivity index (χ0) is 7.90. The monoisotopic (exact) mass is 152 g/mol. The predicted octanol–water partition coefficient (Wildman–Crippen LogP) is 1.52. The van der Waals surface area contributed by atoms with Gasteiger partial charge in [-0.15, -0.1) is 0 Å². The molecular weight excluding hydrogens is 140 g/mol. The van der Waals surface area contributed by atoms with E-state index < -0.39 is 0 Å². The molecule has 0 radical (unpaired) electrons. The minimum atomic E-state index is -0.00292. The standard InChI is InChI=1S/C9H12O2/c1-9-5-3-2-4-7(9)8(10)11-6-9/h2-3,7H,4-6H2,1H3. The number of allylic oxidation sites excluding steroid dienone is 2. The van der Waals surface area contributed by atoms with Gasteiger partial charge in [-0.2, -0.15) is 0 Å². The molecule has 1 aliphatic heterocycles. The Kier molecular flexibility index (Phi) is 1.31. The van der Waals surface area contributed by atoms with Crippen LogP contribution in [0.15, 0.2) is 12.2 Å². The number of ether oxygens (including phenoxy) is 1. The summed E-state index contributed by atoms with van der Waals surface area (Å²) in [5.74, 6) is 0.129. The van der Waals surface area contributed by atoms with Crippen LogP contribution < -0.4 is 0 Å². The number of cyclic esters (lactones) is 1. The molecule has 0 saturated carbocycles. The second-order valence-corrected chi connectivity index (χ2v) is 3.73. The van der Waals surface area contributed by atoms with Crippen molar-refractivity contribution in [2.24, 2.45) is 11.3 Å². The first-order valence-corrected chi connectivity index (χ1v) is 4.04. The van der Waals surface area contributed by atoms with E-state index in [0.717, 1.165) is 12.8 Å². The lowest BCUT2D eigenvalue weighted by molar-refractivity contribution is -0.141. The summed E-state index contributed by atoms with van der Waals surface area (Å²) in [5.41, 5.74) is 0.103. The summed E-state index contributed by atoms with van der Waals surface area (Å²) >= 11 is 0. The van der Waals surface area contributed by atoms with Crippen LogP contribution in [-0.2, 0) is 9.53 Å². The van der Waals surface area contributed by atoms with Gasteiger partial charge in [0, 0.05) is 5.41 Å². The first kappa shape index (κ1) is 6.89. The lowest BCUT2D eigenvalue weighted by Crippen LogP contribution is -2.28. The maximum absolute atomic E-state index is 11.2. The SMILES string of the molecule is CC12CC=CCC1C(=O)OC2. The largest absolute Gasteiger partial charge is 0.465 e. The Hall–Kier alpha value is -0.790. The minimum Gasteiger partial charge on any atom is -0.465 e. The molecule has 0 spiro atoms. The molecule has 2 rings (SSSR count). The number of carbonyl (C=O) groups is 1. The van der Waals surface area contributed by atoms with Gasteiger partial charge in [0.1, 0.15) is 0 Å². The Morgan fingerprint density at radius 2 is 2.45 bits per heavy atom. The topological polar surface area (TPSA) is 26.3 Å². The highest BCUT2D eigenvalue weighted by Gasteiger charge is 2.46. The molecule has 1 aliphatic carbocycles. The van der Waals surface area contributed by atoms with E-state index in [1.54, 1.807) is 0 Å². The summed E-state index contributed by atoms with van der Waals surface area (Å²) in [7, 11) is 0. The van der Waals surface area contributed by atoms with Gasteiger partial charge < -0.3 is 4.74 Å². The van der Waals surface area contributed by atoms with E-state index in [1.807, 2.05) is 0 Å². The van der Waals surface area contributed by atoms with Gasteiger partial charge in [0.25, 0.3) is 0 Å². The highest BCUT2D eigenvalue weighted by molar-refractivity contribution is 5.76. The Labute approximate surface area is 66.2 Å². The average molecular weight is 152 g/mol. The molecule has 1 fully saturated rings. The Balaban J connectivity index is 2.29. The molecule has 60 valence electrons. The number of esters is 1.